The zero-order chi connectivity index (χ0) is 19.6. The molecule has 1 fully saturated rings. The number of aromatic nitrogens is 1. The number of carboxylic acid groups (broad SMARTS) is 1. The molecule has 3 rings (SSSR count). The summed E-state index contributed by atoms with van der Waals surface area (Å²) < 4.78 is 2.08. The second kappa shape index (κ2) is 7.98. The predicted molar refractivity (Wildman–Crippen MR) is 107 cm³/mol. The third-order valence-corrected chi connectivity index (χ3v) is 5.36. The molecule has 0 spiro atoms. The van der Waals surface area contributed by atoms with Crippen LogP contribution in [0.3, 0.4) is 0 Å². The highest BCUT2D eigenvalue weighted by Crippen LogP contribution is 2.23. The Balaban J connectivity index is 1.77. The molecule has 9 heteroatoms. The summed E-state index contributed by atoms with van der Waals surface area (Å²) in [7, 11) is 0. The number of amides is 1. The van der Waals surface area contributed by atoms with Gasteiger partial charge >= 0.3 is 5.97 Å². The lowest BCUT2D eigenvalue weighted by Gasteiger charge is -2.09. The highest BCUT2D eigenvalue weighted by molar-refractivity contribution is 8.15. The van der Waals surface area contributed by atoms with Crippen LogP contribution in [0, 0.1) is 13.8 Å². The van der Waals surface area contributed by atoms with Gasteiger partial charge < -0.3 is 15.0 Å². The van der Waals surface area contributed by atoms with Crippen LogP contribution in [-0.2, 0) is 9.59 Å². The Labute approximate surface area is 165 Å². The normalized spacial score (nSPS) is 18.4. The smallest absolute Gasteiger partial charge is 0.305 e. The predicted octanol–water partition coefficient (Wildman–Crippen LogP) is 3.14. The number of amidine groups is 1. The number of thioether (sulfide) groups is 1. The van der Waals surface area contributed by atoms with Gasteiger partial charge in [0.2, 0.25) is 5.91 Å². The zero-order valence-electron chi connectivity index (χ0n) is 14.6. The van der Waals surface area contributed by atoms with Crippen molar-refractivity contribution in [3.63, 3.8) is 0 Å². The number of hydrogen-bond donors (Lipinski definition) is 2. The van der Waals surface area contributed by atoms with Gasteiger partial charge in [-0.15, -0.1) is 5.10 Å². The van der Waals surface area contributed by atoms with Gasteiger partial charge in [0.25, 0.3) is 0 Å². The van der Waals surface area contributed by atoms with E-state index in [4.69, 9.17) is 16.7 Å². The van der Waals surface area contributed by atoms with Crippen molar-refractivity contribution < 1.29 is 14.7 Å². The largest absolute Gasteiger partial charge is 0.481 e. The van der Waals surface area contributed by atoms with Gasteiger partial charge in [-0.3, -0.25) is 9.59 Å². The Kier molecular flexibility index (Phi) is 5.67. The molecule has 1 atom stereocenters. The molecule has 1 saturated heterocycles. The van der Waals surface area contributed by atoms with Gasteiger partial charge in [-0.05, 0) is 44.2 Å². The van der Waals surface area contributed by atoms with Crippen molar-refractivity contribution >= 4 is 46.6 Å². The molecule has 1 aromatic carbocycles. The summed E-state index contributed by atoms with van der Waals surface area (Å²) in [5.74, 6) is -1.39. The molecular weight excluding hydrogens is 388 g/mol. The standard InChI is InChI=1S/C18H17ClN4O3S/c1-10-7-12(11(2)23(10)14-5-3-13(19)4-6-14)9-20-22-18-21-17(26)15(27-18)8-16(24)25/h3-7,9,15H,8H2,1-2H3,(H,24,25)(H,21,22,26)/b20-9+. The molecule has 2 N–H and O–H groups in total. The van der Waals surface area contributed by atoms with Crippen LogP contribution in [0.1, 0.15) is 23.4 Å². The number of benzene rings is 1. The van der Waals surface area contributed by atoms with Crippen molar-refractivity contribution in [1.29, 1.82) is 0 Å². The molecule has 1 aromatic heterocycles. The van der Waals surface area contributed by atoms with Crippen molar-refractivity contribution in [2.45, 2.75) is 25.5 Å². The molecule has 140 valence electrons. The van der Waals surface area contributed by atoms with E-state index in [9.17, 15) is 9.59 Å². The van der Waals surface area contributed by atoms with Gasteiger partial charge in [0.1, 0.15) is 5.25 Å². The van der Waals surface area contributed by atoms with E-state index in [1.807, 2.05) is 44.2 Å². The zero-order valence-corrected chi connectivity index (χ0v) is 16.2. The number of nitrogens with zero attached hydrogens (tertiary/aromatic N) is 3. The van der Waals surface area contributed by atoms with Crippen LogP contribution in [0.15, 0.2) is 40.5 Å². The van der Waals surface area contributed by atoms with E-state index in [1.54, 1.807) is 6.21 Å². The van der Waals surface area contributed by atoms with E-state index in [0.717, 1.165) is 34.4 Å². The minimum atomic E-state index is -1.03. The quantitative estimate of drug-likeness (QED) is 0.591. The van der Waals surface area contributed by atoms with E-state index in [2.05, 4.69) is 20.1 Å². The number of hydrogen-bond acceptors (Lipinski definition) is 5. The van der Waals surface area contributed by atoms with Crippen LogP contribution in [0.25, 0.3) is 5.69 Å². The van der Waals surface area contributed by atoms with Crippen LogP contribution in [0.4, 0.5) is 0 Å². The number of aryl methyl sites for hydroxylation is 1. The third kappa shape index (κ3) is 4.40. The molecule has 0 bridgehead atoms. The number of carboxylic acids is 1. The second-order valence-electron chi connectivity index (χ2n) is 5.98. The Morgan fingerprint density at radius 3 is 2.74 bits per heavy atom. The summed E-state index contributed by atoms with van der Waals surface area (Å²) in [4.78, 5) is 22.4. The van der Waals surface area contributed by atoms with Crippen LogP contribution >= 0.6 is 23.4 Å². The number of halogens is 1. The molecule has 2 heterocycles. The highest BCUT2D eigenvalue weighted by atomic mass is 35.5. The highest BCUT2D eigenvalue weighted by Gasteiger charge is 2.32. The summed E-state index contributed by atoms with van der Waals surface area (Å²) in [5, 5.41) is 19.7. The number of rotatable bonds is 5. The van der Waals surface area contributed by atoms with E-state index >= 15 is 0 Å². The minimum absolute atomic E-state index is 0.249. The van der Waals surface area contributed by atoms with Crippen molar-refractivity contribution in [2.24, 2.45) is 10.2 Å². The average molecular weight is 405 g/mol. The molecule has 0 aliphatic carbocycles. The summed E-state index contributed by atoms with van der Waals surface area (Å²) in [6.45, 7) is 3.97. The van der Waals surface area contributed by atoms with Crippen LogP contribution in [0.2, 0.25) is 5.02 Å². The van der Waals surface area contributed by atoms with Gasteiger partial charge in [0, 0.05) is 27.7 Å². The van der Waals surface area contributed by atoms with Crippen LogP contribution in [0.5, 0.6) is 0 Å². The Morgan fingerprint density at radius 2 is 2.07 bits per heavy atom. The molecule has 1 aliphatic rings. The monoisotopic (exact) mass is 404 g/mol. The Bertz CT molecular complexity index is 950. The van der Waals surface area contributed by atoms with E-state index in [-0.39, 0.29) is 12.3 Å². The van der Waals surface area contributed by atoms with Gasteiger partial charge in [-0.1, -0.05) is 23.4 Å². The Hall–Kier alpha value is -2.58. The second-order valence-corrected chi connectivity index (χ2v) is 7.61. The first-order valence-corrected chi connectivity index (χ1v) is 9.36. The lowest BCUT2D eigenvalue weighted by atomic mass is 10.2. The SMILES string of the molecule is Cc1cc(/C=N/N=C2\NC(=O)C(CC(=O)O)S2)c(C)n1-c1ccc(Cl)cc1. The van der Waals surface area contributed by atoms with Gasteiger partial charge in [-0.2, -0.15) is 5.10 Å². The Morgan fingerprint density at radius 1 is 1.37 bits per heavy atom. The minimum Gasteiger partial charge on any atom is -0.481 e. The first-order valence-electron chi connectivity index (χ1n) is 8.10. The van der Waals surface area contributed by atoms with Crippen molar-refractivity contribution in [3.8, 4) is 5.69 Å². The molecule has 2 aromatic rings. The maximum Gasteiger partial charge on any atom is 0.305 e. The van der Waals surface area contributed by atoms with Gasteiger partial charge in [0.05, 0.1) is 12.6 Å². The molecule has 0 radical (unpaired) electrons. The first-order chi connectivity index (χ1) is 12.8. The first kappa shape index (κ1) is 19.2. The number of aliphatic carboxylic acids is 1. The third-order valence-electron chi connectivity index (χ3n) is 4.04. The number of nitrogens with one attached hydrogen (secondary N) is 1. The molecule has 1 aliphatic heterocycles. The molecule has 27 heavy (non-hydrogen) atoms. The van der Waals surface area contributed by atoms with E-state index < -0.39 is 11.2 Å². The molecule has 7 nitrogen and oxygen atoms in total. The topological polar surface area (TPSA) is 96.1 Å². The summed E-state index contributed by atoms with van der Waals surface area (Å²) in [6, 6.07) is 9.54. The van der Waals surface area contributed by atoms with Crippen molar-refractivity contribution in [1.82, 2.24) is 9.88 Å². The van der Waals surface area contributed by atoms with Crippen molar-refractivity contribution in [3.05, 3.63) is 52.3 Å². The van der Waals surface area contributed by atoms with Gasteiger partial charge in [0.15, 0.2) is 5.17 Å². The number of carbonyl (C=O) groups is 2. The summed E-state index contributed by atoms with van der Waals surface area (Å²) >= 11 is 7.02. The molecule has 1 amide bonds. The molecule has 1 unspecified atom stereocenters. The maximum absolute atomic E-state index is 11.7. The van der Waals surface area contributed by atoms with Crippen LogP contribution in [-0.4, -0.2) is 38.2 Å². The summed E-state index contributed by atoms with van der Waals surface area (Å²) in [5.41, 5.74) is 3.92. The van der Waals surface area contributed by atoms with Crippen molar-refractivity contribution in [2.75, 3.05) is 0 Å². The van der Waals surface area contributed by atoms with Crippen LogP contribution < -0.4 is 5.32 Å². The van der Waals surface area contributed by atoms with E-state index in [1.165, 1.54) is 0 Å². The lowest BCUT2D eigenvalue weighted by molar-refractivity contribution is -0.138. The lowest BCUT2D eigenvalue weighted by Crippen LogP contribution is -2.26. The maximum atomic E-state index is 11.7. The summed E-state index contributed by atoms with van der Waals surface area (Å²) in [6.07, 6.45) is 1.36. The van der Waals surface area contributed by atoms with E-state index in [0.29, 0.717) is 10.2 Å². The average Bonchev–Trinajstić information content (AvgIpc) is 3.08. The fourth-order valence-corrected chi connectivity index (χ4v) is 3.84. The molecule has 0 saturated carbocycles. The fourth-order valence-electron chi connectivity index (χ4n) is 2.79. The van der Waals surface area contributed by atoms with Gasteiger partial charge in [-0.25, -0.2) is 0 Å². The fraction of sp³-hybridized carbons (Fsp3) is 0.222. The number of carbonyl (C=O) groups excluding carboxylic acids is 1. The molecular formula is C18H17ClN4O3S.